The van der Waals surface area contributed by atoms with Crippen LogP contribution in [0, 0.1) is 5.92 Å². The molecule has 3 nitrogen and oxygen atoms in total. The maximum absolute atomic E-state index is 10.9. The third kappa shape index (κ3) is 2.27. The van der Waals surface area contributed by atoms with Crippen LogP contribution in [0.4, 0.5) is 0 Å². The van der Waals surface area contributed by atoms with Crippen LogP contribution in [-0.4, -0.2) is 14.5 Å². The number of pyridine rings is 1. The van der Waals surface area contributed by atoms with E-state index in [4.69, 9.17) is 0 Å². The first kappa shape index (κ1) is 13.4. The number of hydrogen-bond acceptors (Lipinski definition) is 2. The van der Waals surface area contributed by atoms with E-state index in [0.717, 1.165) is 35.1 Å². The van der Waals surface area contributed by atoms with Gasteiger partial charge in [0.05, 0.1) is 24.1 Å². The number of fused-ring (bicyclic) bond motifs is 1. The molecule has 1 fully saturated rings. The van der Waals surface area contributed by atoms with Crippen LogP contribution in [0.3, 0.4) is 0 Å². The van der Waals surface area contributed by atoms with Crippen LogP contribution < -0.4 is 0 Å². The molecule has 2 aromatic heterocycles. The molecule has 3 heteroatoms. The minimum absolute atomic E-state index is 0.364. The molecule has 0 amide bonds. The van der Waals surface area contributed by atoms with Gasteiger partial charge in [-0.15, -0.1) is 0 Å². The van der Waals surface area contributed by atoms with Crippen molar-refractivity contribution in [1.82, 2.24) is 9.38 Å². The van der Waals surface area contributed by atoms with Gasteiger partial charge in [0.2, 0.25) is 0 Å². The molecule has 1 saturated carbocycles. The summed E-state index contributed by atoms with van der Waals surface area (Å²) in [5.41, 5.74) is 4.07. The topological polar surface area (TPSA) is 37.5 Å². The Morgan fingerprint density at radius 2 is 2.15 bits per heavy atom. The number of aliphatic hydroxyl groups excluding tert-OH is 1. The Bertz CT molecular complexity index is 623. The molecule has 0 radical (unpaired) electrons. The zero-order valence-electron chi connectivity index (χ0n) is 12.0. The molecule has 106 valence electrons. The molecule has 1 aliphatic carbocycles. The fraction of sp³-hybridized carbons (Fsp3) is 0.471. The molecule has 0 saturated heterocycles. The van der Waals surface area contributed by atoms with Crippen LogP contribution >= 0.6 is 0 Å². The van der Waals surface area contributed by atoms with Gasteiger partial charge in [0.1, 0.15) is 0 Å². The number of imidazole rings is 1. The van der Waals surface area contributed by atoms with Crippen LogP contribution in [-0.2, 0) is 0 Å². The Kier molecular flexibility index (Phi) is 3.62. The predicted octanol–water partition coefficient (Wildman–Crippen LogP) is 3.98. The second-order valence-corrected chi connectivity index (χ2v) is 5.95. The van der Waals surface area contributed by atoms with Crippen molar-refractivity contribution >= 4 is 11.1 Å². The lowest BCUT2D eigenvalue weighted by Gasteiger charge is -2.28. The van der Waals surface area contributed by atoms with E-state index in [1.807, 2.05) is 29.8 Å². The van der Waals surface area contributed by atoms with Crippen LogP contribution in [0.1, 0.15) is 56.3 Å². The fourth-order valence-electron chi connectivity index (χ4n) is 3.38. The second-order valence-electron chi connectivity index (χ2n) is 5.95. The van der Waals surface area contributed by atoms with E-state index < -0.39 is 6.10 Å². The molecule has 0 spiro atoms. The molecule has 3 rings (SSSR count). The highest BCUT2D eigenvalue weighted by Gasteiger charge is 2.27. The zero-order chi connectivity index (χ0) is 14.1. The molecule has 1 aliphatic rings. The van der Waals surface area contributed by atoms with E-state index >= 15 is 0 Å². The van der Waals surface area contributed by atoms with Crippen LogP contribution in [0.2, 0.25) is 0 Å². The van der Waals surface area contributed by atoms with Crippen LogP contribution in [0.5, 0.6) is 0 Å². The lowest BCUT2D eigenvalue weighted by atomic mass is 9.81. The Morgan fingerprint density at radius 3 is 2.85 bits per heavy atom. The molecular weight excluding hydrogens is 248 g/mol. The highest BCUT2D eigenvalue weighted by Crippen LogP contribution is 2.38. The lowest BCUT2D eigenvalue weighted by Crippen LogP contribution is -2.18. The van der Waals surface area contributed by atoms with E-state index in [-0.39, 0.29) is 0 Å². The van der Waals surface area contributed by atoms with Gasteiger partial charge in [-0.05, 0) is 37.3 Å². The molecule has 20 heavy (non-hydrogen) atoms. The number of allylic oxidation sites excluding steroid dienone is 1. The highest BCUT2D eigenvalue weighted by molar-refractivity contribution is 5.72. The van der Waals surface area contributed by atoms with Gasteiger partial charge in [-0.25, -0.2) is 4.98 Å². The zero-order valence-corrected chi connectivity index (χ0v) is 12.0. The van der Waals surface area contributed by atoms with Gasteiger partial charge < -0.3 is 9.51 Å². The molecule has 1 unspecified atom stereocenters. The van der Waals surface area contributed by atoms with Crippen molar-refractivity contribution in [3.63, 3.8) is 0 Å². The number of aromatic nitrogens is 2. The summed E-state index contributed by atoms with van der Waals surface area (Å²) in [5, 5.41) is 10.9. The summed E-state index contributed by atoms with van der Waals surface area (Å²) >= 11 is 0. The van der Waals surface area contributed by atoms with Gasteiger partial charge in [0.25, 0.3) is 0 Å². The minimum Gasteiger partial charge on any atom is -0.388 e. The van der Waals surface area contributed by atoms with Gasteiger partial charge in [-0.3, -0.25) is 0 Å². The minimum atomic E-state index is -0.414. The Labute approximate surface area is 120 Å². The van der Waals surface area contributed by atoms with Crippen molar-refractivity contribution in [1.29, 1.82) is 0 Å². The summed E-state index contributed by atoms with van der Waals surface area (Å²) in [6.45, 7) is 6.06. The fourth-order valence-corrected chi connectivity index (χ4v) is 3.38. The molecule has 2 aromatic rings. The summed E-state index contributed by atoms with van der Waals surface area (Å²) in [4.78, 5) is 4.21. The first-order valence-electron chi connectivity index (χ1n) is 7.47. The van der Waals surface area contributed by atoms with Gasteiger partial charge in [0.15, 0.2) is 0 Å². The first-order valence-corrected chi connectivity index (χ1v) is 7.47. The molecular formula is C17H22N2O. The van der Waals surface area contributed by atoms with Gasteiger partial charge in [0, 0.05) is 11.8 Å². The van der Waals surface area contributed by atoms with Gasteiger partial charge in [-0.1, -0.05) is 31.4 Å². The SMILES string of the molecule is C=C(C)c1ccn2cncc2c1C(O)C1CCCCC1. The Hall–Kier alpha value is -1.61. The largest absolute Gasteiger partial charge is 0.388 e. The molecule has 1 N–H and O–H groups in total. The van der Waals surface area contributed by atoms with Crippen molar-refractivity contribution in [3.8, 4) is 0 Å². The molecule has 0 aromatic carbocycles. The van der Waals surface area contributed by atoms with E-state index in [1.54, 1.807) is 6.33 Å². The van der Waals surface area contributed by atoms with Crippen molar-refractivity contribution in [3.05, 3.63) is 42.5 Å². The number of nitrogens with zero attached hydrogens (tertiary/aromatic N) is 2. The Morgan fingerprint density at radius 1 is 1.40 bits per heavy atom. The highest BCUT2D eigenvalue weighted by atomic mass is 16.3. The van der Waals surface area contributed by atoms with E-state index in [1.165, 1.54) is 19.3 Å². The number of aliphatic hydroxyl groups is 1. The monoisotopic (exact) mass is 270 g/mol. The van der Waals surface area contributed by atoms with E-state index in [2.05, 4.69) is 11.6 Å². The van der Waals surface area contributed by atoms with Gasteiger partial charge >= 0.3 is 0 Å². The molecule has 2 heterocycles. The number of hydrogen-bond donors (Lipinski definition) is 1. The summed E-state index contributed by atoms with van der Waals surface area (Å²) in [7, 11) is 0. The average molecular weight is 270 g/mol. The summed E-state index contributed by atoms with van der Waals surface area (Å²) < 4.78 is 1.98. The Balaban J connectivity index is 2.09. The summed E-state index contributed by atoms with van der Waals surface area (Å²) in [5.74, 6) is 0.364. The third-order valence-corrected chi connectivity index (χ3v) is 4.49. The van der Waals surface area contributed by atoms with Crippen LogP contribution in [0.15, 0.2) is 31.4 Å². The predicted molar refractivity (Wildman–Crippen MR) is 81.4 cm³/mol. The molecule has 0 bridgehead atoms. The maximum atomic E-state index is 10.9. The summed E-state index contributed by atoms with van der Waals surface area (Å²) in [6.07, 6.45) is 11.2. The van der Waals surface area contributed by atoms with Crippen molar-refractivity contribution in [2.75, 3.05) is 0 Å². The lowest BCUT2D eigenvalue weighted by molar-refractivity contribution is 0.0856. The van der Waals surface area contributed by atoms with Gasteiger partial charge in [-0.2, -0.15) is 0 Å². The normalized spacial score (nSPS) is 18.3. The molecule has 0 aliphatic heterocycles. The smallest absolute Gasteiger partial charge is 0.0992 e. The quantitative estimate of drug-likeness (QED) is 0.916. The third-order valence-electron chi connectivity index (χ3n) is 4.49. The van der Waals surface area contributed by atoms with Crippen molar-refractivity contribution < 1.29 is 5.11 Å². The number of rotatable bonds is 3. The summed E-state index contributed by atoms with van der Waals surface area (Å²) in [6, 6.07) is 2.04. The maximum Gasteiger partial charge on any atom is 0.0992 e. The first-order chi connectivity index (χ1) is 9.68. The van der Waals surface area contributed by atoms with Crippen molar-refractivity contribution in [2.45, 2.75) is 45.1 Å². The standard InChI is InChI=1S/C17H22N2O/c1-12(2)14-8-9-19-11-18-10-15(19)16(14)17(20)13-6-4-3-5-7-13/h8-11,13,17,20H,1,3-7H2,2H3. The van der Waals surface area contributed by atoms with Crippen LogP contribution in [0.25, 0.3) is 11.1 Å². The average Bonchev–Trinajstić information content (AvgIpc) is 2.94. The second kappa shape index (κ2) is 5.41. The van der Waals surface area contributed by atoms with E-state index in [0.29, 0.717) is 5.92 Å². The van der Waals surface area contributed by atoms with E-state index in [9.17, 15) is 5.11 Å². The molecule has 1 atom stereocenters. The van der Waals surface area contributed by atoms with Crippen molar-refractivity contribution in [2.24, 2.45) is 5.92 Å².